The number of hydrogen-bond donors (Lipinski definition) is 7. The Labute approximate surface area is 270 Å². The van der Waals surface area contributed by atoms with Crippen LogP contribution in [-0.2, 0) is 14.3 Å². The van der Waals surface area contributed by atoms with Crippen molar-refractivity contribution in [2.45, 2.75) is 63.5 Å². The number of ether oxygens (including phenoxy) is 1. The van der Waals surface area contributed by atoms with E-state index in [0.29, 0.717) is 12.4 Å². The topological polar surface area (TPSA) is 216 Å². The zero-order valence-corrected chi connectivity index (χ0v) is 25.9. The Hall–Kier alpha value is -4.46. The molecule has 1 amide bonds. The summed E-state index contributed by atoms with van der Waals surface area (Å²) in [6.07, 6.45) is -5.26. The van der Waals surface area contributed by atoms with E-state index in [1.807, 2.05) is 25.1 Å². The fraction of sp³-hybridized carbons (Fsp3) is 0.571. The molecule has 2 heterocycles. The molecule has 48 heavy (non-hydrogen) atoms. The number of benzene rings is 1. The smallest absolute Gasteiger partial charge is 0.475 e. The lowest BCUT2D eigenvalue weighted by molar-refractivity contribution is -0.193. The van der Waals surface area contributed by atoms with Crippen LogP contribution in [0.1, 0.15) is 48.3 Å². The lowest BCUT2D eigenvalue weighted by Crippen LogP contribution is -2.50. The number of halogens is 6. The molecule has 1 aromatic carbocycles. The first kappa shape index (κ1) is 39.7. The molecule has 4 rings (SSSR count). The molecule has 1 saturated heterocycles. The molecule has 0 radical (unpaired) electrons. The molecule has 2 unspecified atom stereocenters. The van der Waals surface area contributed by atoms with E-state index in [4.69, 9.17) is 35.7 Å². The van der Waals surface area contributed by atoms with E-state index in [2.05, 4.69) is 30.8 Å². The number of carboxylic acids is 2. The molecule has 0 spiro atoms. The monoisotopic (exact) mass is 696 g/mol. The molecule has 20 heteroatoms. The van der Waals surface area contributed by atoms with Crippen molar-refractivity contribution in [1.29, 1.82) is 5.41 Å². The van der Waals surface area contributed by atoms with Crippen LogP contribution in [-0.4, -0.2) is 113 Å². The Morgan fingerprint density at radius 3 is 2.10 bits per heavy atom. The van der Waals surface area contributed by atoms with Crippen molar-refractivity contribution in [3.8, 4) is 0 Å². The first-order chi connectivity index (χ1) is 22.4. The van der Waals surface area contributed by atoms with Gasteiger partial charge in [-0.3, -0.25) is 15.1 Å². The molecule has 2 aliphatic rings. The number of morpholine rings is 1. The third kappa shape index (κ3) is 13.7. The number of fused-ring (bicyclic) bond motifs is 1. The highest BCUT2D eigenvalue weighted by Crippen LogP contribution is 2.27. The molecule has 1 aromatic heterocycles. The number of alkyl halides is 6. The van der Waals surface area contributed by atoms with Gasteiger partial charge in [0.05, 0.1) is 18.7 Å². The van der Waals surface area contributed by atoms with Crippen LogP contribution in [0.5, 0.6) is 0 Å². The third-order valence-corrected chi connectivity index (χ3v) is 7.01. The van der Waals surface area contributed by atoms with Gasteiger partial charge in [0, 0.05) is 37.1 Å². The average Bonchev–Trinajstić information content (AvgIpc) is 3.00. The van der Waals surface area contributed by atoms with Crippen LogP contribution in [0.15, 0.2) is 18.2 Å². The van der Waals surface area contributed by atoms with E-state index in [-0.39, 0.29) is 29.8 Å². The van der Waals surface area contributed by atoms with Gasteiger partial charge in [-0.2, -0.15) is 26.3 Å². The zero-order valence-electron chi connectivity index (χ0n) is 25.9. The Bertz CT molecular complexity index is 1380. The van der Waals surface area contributed by atoms with Crippen LogP contribution in [0.25, 0.3) is 10.9 Å². The molecule has 268 valence electrons. The molecule has 2 aromatic rings. The predicted octanol–water partition coefficient (Wildman–Crippen LogP) is 2.86. The summed E-state index contributed by atoms with van der Waals surface area (Å²) < 4.78 is 68.9. The Kier molecular flexibility index (Phi) is 15.0. The normalized spacial score (nSPS) is 18.3. The van der Waals surface area contributed by atoms with Gasteiger partial charge in [0.15, 0.2) is 5.96 Å². The summed E-state index contributed by atoms with van der Waals surface area (Å²) in [5, 5.41) is 32.4. The zero-order chi connectivity index (χ0) is 36.1. The fourth-order valence-corrected chi connectivity index (χ4v) is 4.71. The van der Waals surface area contributed by atoms with E-state index in [1.165, 1.54) is 0 Å². The minimum Gasteiger partial charge on any atom is -0.475 e. The van der Waals surface area contributed by atoms with Gasteiger partial charge >= 0.3 is 24.3 Å². The molecular weight excluding hydrogens is 658 g/mol. The number of nitrogens with zero attached hydrogens (tertiary/aromatic N) is 3. The van der Waals surface area contributed by atoms with Gasteiger partial charge in [0.2, 0.25) is 5.82 Å². The first-order valence-electron chi connectivity index (χ1n) is 14.7. The van der Waals surface area contributed by atoms with Crippen LogP contribution < -0.4 is 21.7 Å². The van der Waals surface area contributed by atoms with E-state index < -0.39 is 24.3 Å². The van der Waals surface area contributed by atoms with E-state index >= 15 is 0 Å². The summed E-state index contributed by atoms with van der Waals surface area (Å²) in [5.41, 5.74) is 7.44. The largest absolute Gasteiger partial charge is 0.490 e. The number of guanidine groups is 1. The quantitative estimate of drug-likeness (QED) is 0.0918. The summed E-state index contributed by atoms with van der Waals surface area (Å²) in [5.74, 6) is -5.00. The third-order valence-electron chi connectivity index (χ3n) is 7.01. The maximum absolute atomic E-state index is 12.9. The average molecular weight is 697 g/mol. The van der Waals surface area contributed by atoms with Crippen molar-refractivity contribution in [3.63, 3.8) is 0 Å². The van der Waals surface area contributed by atoms with Crippen LogP contribution >= 0.6 is 0 Å². The van der Waals surface area contributed by atoms with Gasteiger partial charge in [0.25, 0.3) is 5.91 Å². The number of carbonyl (C=O) groups excluding carboxylic acids is 1. The van der Waals surface area contributed by atoms with E-state index in [1.54, 1.807) is 0 Å². The highest BCUT2D eigenvalue weighted by Gasteiger charge is 2.39. The number of rotatable bonds is 8. The molecule has 0 bridgehead atoms. The number of carboxylic acid groups (broad SMARTS) is 2. The van der Waals surface area contributed by atoms with Gasteiger partial charge in [-0.15, -0.1) is 0 Å². The maximum atomic E-state index is 12.9. The minimum atomic E-state index is -5.08. The molecule has 2 fully saturated rings. The molecule has 1 saturated carbocycles. The Morgan fingerprint density at radius 1 is 1.00 bits per heavy atom. The van der Waals surface area contributed by atoms with Crippen molar-refractivity contribution in [1.82, 2.24) is 25.5 Å². The molecule has 1 aliphatic heterocycles. The summed E-state index contributed by atoms with van der Waals surface area (Å²) in [6.45, 7) is 6.96. The summed E-state index contributed by atoms with van der Waals surface area (Å²) >= 11 is 0. The van der Waals surface area contributed by atoms with Gasteiger partial charge in [-0.05, 0) is 44.9 Å². The summed E-state index contributed by atoms with van der Waals surface area (Å²) in [4.78, 5) is 42.2. The van der Waals surface area contributed by atoms with Crippen molar-refractivity contribution in [3.05, 3.63) is 29.6 Å². The van der Waals surface area contributed by atoms with Crippen LogP contribution in [0.3, 0.4) is 0 Å². The van der Waals surface area contributed by atoms with Crippen molar-refractivity contribution < 1.29 is 55.7 Å². The number of aromatic nitrogens is 2. The Morgan fingerprint density at radius 2 is 1.56 bits per heavy atom. The lowest BCUT2D eigenvalue weighted by Gasteiger charge is -2.33. The second-order valence-corrected chi connectivity index (χ2v) is 10.8. The standard InChI is InChI=1S/C24H36N8O2.2C2HF3O2/c1-16-7-8-18-17(15-16)21(29-19-5-2-3-6-20(19)30-24(25)26)31-22(28-18)23(33)27-9-4-10-32-11-13-34-14-12-32;2*3-2(4,5)1(6)7/h7-8,15,19-20H,2-6,9-14H2,1H3,(H,27,33)(H4,25,26,30)(H,28,29,31);2*(H,6,7). The van der Waals surface area contributed by atoms with Gasteiger partial charge in [-0.1, -0.05) is 24.5 Å². The number of nitrogens with one attached hydrogen (secondary N) is 4. The lowest BCUT2D eigenvalue weighted by atomic mass is 9.90. The van der Waals surface area contributed by atoms with Crippen molar-refractivity contribution >= 4 is 40.5 Å². The predicted molar refractivity (Wildman–Crippen MR) is 161 cm³/mol. The molecule has 8 N–H and O–H groups in total. The van der Waals surface area contributed by atoms with Gasteiger partial charge in [-0.25, -0.2) is 19.6 Å². The Balaban J connectivity index is 0.000000479. The molecule has 1 aliphatic carbocycles. The van der Waals surface area contributed by atoms with Crippen LogP contribution in [0.4, 0.5) is 32.2 Å². The van der Waals surface area contributed by atoms with Crippen LogP contribution in [0, 0.1) is 12.3 Å². The number of nitrogens with two attached hydrogens (primary N) is 1. The second-order valence-electron chi connectivity index (χ2n) is 10.8. The van der Waals surface area contributed by atoms with Crippen molar-refractivity contribution in [2.24, 2.45) is 5.73 Å². The summed E-state index contributed by atoms with van der Waals surface area (Å²) in [7, 11) is 0. The fourth-order valence-electron chi connectivity index (χ4n) is 4.71. The van der Waals surface area contributed by atoms with Gasteiger partial charge in [0.1, 0.15) is 5.82 Å². The first-order valence-corrected chi connectivity index (χ1v) is 14.7. The minimum absolute atomic E-state index is 0.0285. The molecule has 2 atom stereocenters. The molecule has 14 nitrogen and oxygen atoms in total. The van der Waals surface area contributed by atoms with E-state index in [0.717, 1.165) is 81.4 Å². The number of aliphatic carboxylic acids is 2. The van der Waals surface area contributed by atoms with Gasteiger partial charge < -0.3 is 36.6 Å². The van der Waals surface area contributed by atoms with Crippen LogP contribution in [0.2, 0.25) is 0 Å². The summed E-state index contributed by atoms with van der Waals surface area (Å²) in [6, 6.07) is 6.06. The number of aryl methyl sites for hydroxylation is 1. The highest BCUT2D eigenvalue weighted by atomic mass is 19.4. The molecular formula is C28H38F6N8O6. The number of carbonyl (C=O) groups is 3. The van der Waals surface area contributed by atoms with Crippen molar-refractivity contribution in [2.75, 3.05) is 44.7 Å². The maximum Gasteiger partial charge on any atom is 0.490 e. The SMILES string of the molecule is Cc1ccc2nc(C(=O)NCCCN3CCOCC3)nc(NC3CCCCC3NC(=N)N)c2c1.O=C(O)C(F)(F)F.O=C(O)C(F)(F)F. The number of anilines is 1. The number of amides is 1. The van der Waals surface area contributed by atoms with E-state index in [9.17, 15) is 31.1 Å². The number of hydrogen-bond acceptors (Lipinski definition) is 9. The second kappa shape index (κ2) is 18.2. The highest BCUT2D eigenvalue weighted by molar-refractivity contribution is 5.96.